The fourth-order valence-electron chi connectivity index (χ4n) is 1.25. The molecule has 1 aromatic rings. The van der Waals surface area contributed by atoms with Gasteiger partial charge in [-0.3, -0.25) is 4.99 Å². The highest BCUT2D eigenvalue weighted by atomic mass is 32.1. The highest BCUT2D eigenvalue weighted by Gasteiger charge is 1.98. The Hall–Kier alpha value is -1.68. The van der Waals surface area contributed by atoms with Crippen molar-refractivity contribution in [1.82, 2.24) is 5.32 Å². The lowest BCUT2D eigenvalue weighted by Gasteiger charge is -2.07. The molecule has 0 radical (unpaired) electrons. The second-order valence-electron chi connectivity index (χ2n) is 3.19. The number of hydrogen-bond donors (Lipinski definition) is 2. The van der Waals surface area contributed by atoms with E-state index in [9.17, 15) is 0 Å². The first-order valence-electron chi connectivity index (χ1n) is 6.21. The molecule has 0 heterocycles. The molecule has 0 amide bonds. The van der Waals surface area contributed by atoms with Gasteiger partial charge in [0, 0.05) is 31.5 Å². The molecule has 0 unspecified atom stereocenters. The summed E-state index contributed by atoms with van der Waals surface area (Å²) in [4.78, 5) is 3.69. The van der Waals surface area contributed by atoms with Crippen LogP contribution in [0.5, 0.6) is 0 Å². The molecule has 0 saturated heterocycles. The van der Waals surface area contributed by atoms with E-state index in [2.05, 4.69) is 47.6 Å². The third kappa shape index (κ3) is 8.97. The Morgan fingerprint density at radius 3 is 2.26 bits per heavy atom. The Bertz CT molecular complexity index is 387. The third-order valence-electron chi connectivity index (χ3n) is 2.06. The molecular weight excluding hydrogens is 254 g/mol. The van der Waals surface area contributed by atoms with Crippen molar-refractivity contribution in [3.05, 3.63) is 35.5 Å². The molecule has 0 atom stereocenters. The monoisotopic (exact) mass is 279 g/mol. The van der Waals surface area contributed by atoms with Crippen LogP contribution >= 0.6 is 12.2 Å². The number of thiocarbonyl (C=S) groups is 1. The highest BCUT2D eigenvalue weighted by molar-refractivity contribution is 7.78. The topological polar surface area (TPSA) is 36.4 Å². The summed E-state index contributed by atoms with van der Waals surface area (Å²) in [7, 11) is 3.68. The van der Waals surface area contributed by atoms with E-state index < -0.39 is 0 Å². The van der Waals surface area contributed by atoms with Crippen molar-refractivity contribution in [2.45, 2.75) is 20.8 Å². The average Bonchev–Trinajstić information content (AvgIpc) is 2.48. The summed E-state index contributed by atoms with van der Waals surface area (Å²) >= 11 is 4.32. The molecule has 0 aliphatic rings. The second-order valence-corrected chi connectivity index (χ2v) is 3.43. The van der Waals surface area contributed by atoms with Gasteiger partial charge in [-0.25, -0.2) is 0 Å². The van der Waals surface area contributed by atoms with Crippen molar-refractivity contribution in [2.24, 2.45) is 4.99 Å². The molecule has 3 nitrogen and oxygen atoms in total. The van der Waals surface area contributed by atoms with Crippen LogP contribution in [-0.2, 0) is 0 Å². The summed E-state index contributed by atoms with van der Waals surface area (Å²) in [5, 5.41) is 5.75. The molecule has 0 saturated carbocycles. The van der Waals surface area contributed by atoms with E-state index in [1.54, 1.807) is 13.2 Å². The maximum atomic E-state index is 4.32. The standard InChI is InChI=1S/C11H14N2.C2H5NS.C2H6/c1-9-5-4-6-11(13-3)10(9)7-8-12-2;1-3-2-4;1-2/h4-8,13H,2H2,1,3H3;2H,1H3,(H,3,4);1-2H3/b8-7-;;. The summed E-state index contributed by atoms with van der Waals surface area (Å²) in [6.07, 6.45) is 3.65. The maximum absolute atomic E-state index is 4.32. The van der Waals surface area contributed by atoms with Crippen LogP contribution in [0.1, 0.15) is 25.0 Å². The van der Waals surface area contributed by atoms with E-state index in [1.165, 1.54) is 11.1 Å². The number of aryl methyl sites for hydroxylation is 1. The van der Waals surface area contributed by atoms with Gasteiger partial charge in [0.2, 0.25) is 0 Å². The number of rotatable bonds is 4. The van der Waals surface area contributed by atoms with E-state index in [0.29, 0.717) is 0 Å². The number of nitrogens with zero attached hydrogens (tertiary/aromatic N) is 1. The first-order valence-corrected chi connectivity index (χ1v) is 6.69. The van der Waals surface area contributed by atoms with Gasteiger partial charge in [-0.2, -0.15) is 0 Å². The minimum absolute atomic E-state index is 1.11. The van der Waals surface area contributed by atoms with Gasteiger partial charge in [0.15, 0.2) is 0 Å². The van der Waals surface area contributed by atoms with Gasteiger partial charge in [0.05, 0.1) is 5.49 Å². The van der Waals surface area contributed by atoms with Crippen molar-refractivity contribution in [3.8, 4) is 0 Å². The molecule has 19 heavy (non-hydrogen) atoms. The van der Waals surface area contributed by atoms with Crippen LogP contribution in [0.3, 0.4) is 0 Å². The molecule has 0 fully saturated rings. The Morgan fingerprint density at radius 2 is 1.84 bits per heavy atom. The van der Waals surface area contributed by atoms with Crippen LogP contribution in [-0.4, -0.2) is 26.3 Å². The molecule has 0 aliphatic carbocycles. The van der Waals surface area contributed by atoms with E-state index in [4.69, 9.17) is 0 Å². The quantitative estimate of drug-likeness (QED) is 0.648. The number of anilines is 1. The van der Waals surface area contributed by atoms with Crippen LogP contribution in [0.25, 0.3) is 6.08 Å². The van der Waals surface area contributed by atoms with Crippen molar-refractivity contribution >= 4 is 36.2 Å². The number of benzene rings is 1. The van der Waals surface area contributed by atoms with Crippen LogP contribution in [0.15, 0.2) is 29.4 Å². The Balaban J connectivity index is 0. The summed E-state index contributed by atoms with van der Waals surface area (Å²) in [6, 6.07) is 6.14. The van der Waals surface area contributed by atoms with Gasteiger partial charge in [-0.05, 0) is 31.3 Å². The van der Waals surface area contributed by atoms with Gasteiger partial charge in [0.1, 0.15) is 0 Å². The lowest BCUT2D eigenvalue weighted by atomic mass is 10.1. The fourth-order valence-corrected chi connectivity index (χ4v) is 1.25. The Kier molecular flexibility index (Phi) is 14.9. The van der Waals surface area contributed by atoms with Crippen LogP contribution in [0, 0.1) is 6.92 Å². The lowest BCUT2D eigenvalue weighted by molar-refractivity contribution is 1.24. The van der Waals surface area contributed by atoms with E-state index in [0.717, 1.165) is 11.3 Å². The SMILES string of the molecule is C=N/C=C\c1c(C)cccc1NC.CC.CNC=S. The lowest BCUT2D eigenvalue weighted by Crippen LogP contribution is -1.95. The van der Waals surface area contributed by atoms with Crippen LogP contribution in [0.4, 0.5) is 5.69 Å². The molecule has 2 N–H and O–H groups in total. The van der Waals surface area contributed by atoms with Crippen molar-refractivity contribution in [3.63, 3.8) is 0 Å². The zero-order chi connectivity index (χ0) is 15.1. The average molecular weight is 279 g/mol. The van der Waals surface area contributed by atoms with Gasteiger partial charge >= 0.3 is 0 Å². The Labute approximate surface area is 122 Å². The van der Waals surface area contributed by atoms with Crippen molar-refractivity contribution in [1.29, 1.82) is 0 Å². The molecular formula is C15H25N3S. The van der Waals surface area contributed by atoms with Gasteiger partial charge < -0.3 is 10.6 Å². The number of nitrogens with one attached hydrogen (secondary N) is 2. The van der Waals surface area contributed by atoms with Crippen molar-refractivity contribution in [2.75, 3.05) is 19.4 Å². The molecule has 1 aromatic carbocycles. The number of hydrogen-bond acceptors (Lipinski definition) is 3. The Morgan fingerprint density at radius 1 is 1.26 bits per heavy atom. The molecule has 4 heteroatoms. The zero-order valence-electron chi connectivity index (χ0n) is 12.5. The van der Waals surface area contributed by atoms with Crippen molar-refractivity contribution < 1.29 is 0 Å². The van der Waals surface area contributed by atoms with E-state index >= 15 is 0 Å². The highest BCUT2D eigenvalue weighted by Crippen LogP contribution is 2.20. The minimum atomic E-state index is 1.11. The maximum Gasteiger partial charge on any atom is 0.0612 e. The molecule has 1 rings (SSSR count). The molecule has 0 aromatic heterocycles. The van der Waals surface area contributed by atoms with Gasteiger partial charge in [-0.1, -0.05) is 38.2 Å². The van der Waals surface area contributed by atoms with Gasteiger partial charge in [0.25, 0.3) is 0 Å². The largest absolute Gasteiger partial charge is 0.388 e. The van der Waals surface area contributed by atoms with Crippen LogP contribution in [0.2, 0.25) is 0 Å². The van der Waals surface area contributed by atoms with Crippen LogP contribution < -0.4 is 10.6 Å². The summed E-state index contributed by atoms with van der Waals surface area (Å²) < 4.78 is 0. The summed E-state index contributed by atoms with van der Waals surface area (Å²) in [5.41, 5.74) is 4.96. The van der Waals surface area contributed by atoms with E-state index in [-0.39, 0.29) is 0 Å². The van der Waals surface area contributed by atoms with Gasteiger partial charge in [-0.15, -0.1) is 0 Å². The molecule has 106 valence electrons. The normalized spacial score (nSPS) is 8.47. The summed E-state index contributed by atoms with van der Waals surface area (Å²) in [5.74, 6) is 0. The van der Waals surface area contributed by atoms with E-state index in [1.807, 2.05) is 39.1 Å². The first kappa shape index (κ1) is 19.7. The predicted molar refractivity (Wildman–Crippen MR) is 93.4 cm³/mol. The molecule has 0 bridgehead atoms. The second kappa shape index (κ2) is 14.4. The third-order valence-corrected chi connectivity index (χ3v) is 2.29. The first-order chi connectivity index (χ1) is 9.21. The zero-order valence-corrected chi connectivity index (χ0v) is 13.3. The fraction of sp³-hybridized carbons (Fsp3) is 0.333. The number of aliphatic imine (C=N–C) groups is 1. The molecule has 0 aliphatic heterocycles. The summed E-state index contributed by atoms with van der Waals surface area (Å²) in [6.45, 7) is 9.48. The minimum Gasteiger partial charge on any atom is -0.388 e. The smallest absolute Gasteiger partial charge is 0.0612 e. The molecule has 0 spiro atoms. The predicted octanol–water partition coefficient (Wildman–Crippen LogP) is 3.90.